The van der Waals surface area contributed by atoms with Crippen molar-refractivity contribution in [2.45, 2.75) is 20.3 Å². The summed E-state index contributed by atoms with van der Waals surface area (Å²) in [5.74, 6) is 1.15. The average Bonchev–Trinajstić information content (AvgIpc) is 3.32. The molecule has 0 aliphatic carbocycles. The highest BCUT2D eigenvalue weighted by Gasteiger charge is 2.22. The molecule has 2 aromatic heterocycles. The molecule has 8 nitrogen and oxygen atoms in total. The van der Waals surface area contributed by atoms with Crippen LogP contribution in [0, 0.1) is 5.92 Å². The zero-order chi connectivity index (χ0) is 20.4. The minimum absolute atomic E-state index is 0.160. The van der Waals surface area contributed by atoms with Crippen molar-refractivity contribution in [2.24, 2.45) is 5.92 Å². The maximum atomic E-state index is 12.9. The van der Waals surface area contributed by atoms with E-state index in [-0.39, 0.29) is 24.2 Å². The Morgan fingerprint density at radius 1 is 1.14 bits per heavy atom. The minimum atomic E-state index is -0.409. The second kappa shape index (κ2) is 7.83. The SMILES string of the molecule is CC(C)CCNC(=O)c1nc(C(=O)Nc2ccc3c(c2)OCO3)c2ccccn12. The fraction of sp³-hybridized carbons (Fsp3) is 0.286. The highest BCUT2D eigenvalue weighted by atomic mass is 16.7. The Bertz CT molecular complexity index is 1070. The molecule has 4 rings (SSSR count). The topological polar surface area (TPSA) is 94.0 Å². The summed E-state index contributed by atoms with van der Waals surface area (Å²) in [6.45, 7) is 4.90. The summed E-state index contributed by atoms with van der Waals surface area (Å²) in [4.78, 5) is 29.8. The van der Waals surface area contributed by atoms with Crippen LogP contribution in [0.5, 0.6) is 11.5 Å². The van der Waals surface area contributed by atoms with E-state index in [0.717, 1.165) is 6.42 Å². The van der Waals surface area contributed by atoms with Crippen molar-refractivity contribution in [3.63, 3.8) is 0 Å². The molecule has 29 heavy (non-hydrogen) atoms. The summed E-state index contributed by atoms with van der Waals surface area (Å²) in [6.07, 6.45) is 2.59. The summed E-state index contributed by atoms with van der Waals surface area (Å²) < 4.78 is 12.2. The number of aromatic nitrogens is 2. The van der Waals surface area contributed by atoms with E-state index in [1.807, 2.05) is 0 Å². The molecule has 8 heteroatoms. The number of pyridine rings is 1. The summed E-state index contributed by atoms with van der Waals surface area (Å²) in [6, 6.07) is 10.5. The van der Waals surface area contributed by atoms with E-state index < -0.39 is 5.91 Å². The number of carbonyl (C=O) groups is 2. The van der Waals surface area contributed by atoms with Gasteiger partial charge in [-0.05, 0) is 36.6 Å². The van der Waals surface area contributed by atoms with Crippen LogP contribution in [0.2, 0.25) is 0 Å². The highest BCUT2D eigenvalue weighted by Crippen LogP contribution is 2.34. The maximum Gasteiger partial charge on any atom is 0.287 e. The van der Waals surface area contributed by atoms with Gasteiger partial charge in [0.1, 0.15) is 0 Å². The van der Waals surface area contributed by atoms with Crippen LogP contribution < -0.4 is 20.1 Å². The van der Waals surface area contributed by atoms with E-state index >= 15 is 0 Å². The lowest BCUT2D eigenvalue weighted by atomic mass is 10.1. The Balaban J connectivity index is 1.58. The second-order valence-electron chi connectivity index (χ2n) is 7.20. The lowest BCUT2D eigenvalue weighted by Gasteiger charge is -2.06. The zero-order valence-electron chi connectivity index (χ0n) is 16.3. The Morgan fingerprint density at radius 3 is 2.79 bits per heavy atom. The molecule has 150 valence electrons. The van der Waals surface area contributed by atoms with Crippen molar-refractivity contribution in [3.05, 3.63) is 54.1 Å². The van der Waals surface area contributed by atoms with Gasteiger partial charge in [-0.25, -0.2) is 4.98 Å². The van der Waals surface area contributed by atoms with Gasteiger partial charge in [-0.1, -0.05) is 19.9 Å². The molecule has 2 N–H and O–H groups in total. The van der Waals surface area contributed by atoms with Gasteiger partial charge in [0.25, 0.3) is 11.8 Å². The fourth-order valence-electron chi connectivity index (χ4n) is 3.08. The first-order chi connectivity index (χ1) is 14.0. The van der Waals surface area contributed by atoms with Crippen LogP contribution in [0.25, 0.3) is 5.52 Å². The van der Waals surface area contributed by atoms with E-state index in [0.29, 0.717) is 35.2 Å². The number of nitrogens with one attached hydrogen (secondary N) is 2. The molecule has 1 aromatic carbocycles. The Hall–Kier alpha value is -3.55. The standard InChI is InChI=1S/C21H22N4O4/c1-13(2)8-9-22-21(27)19-24-18(15-5-3-4-10-25(15)19)20(26)23-14-6-7-16-17(11-14)29-12-28-16/h3-7,10-11,13H,8-9,12H2,1-2H3,(H,22,27)(H,23,26). The monoisotopic (exact) mass is 394 g/mol. The second-order valence-corrected chi connectivity index (χ2v) is 7.20. The van der Waals surface area contributed by atoms with Crippen LogP contribution in [-0.2, 0) is 0 Å². The predicted molar refractivity (Wildman–Crippen MR) is 107 cm³/mol. The number of carbonyl (C=O) groups excluding carboxylic acids is 2. The van der Waals surface area contributed by atoms with Gasteiger partial charge in [0, 0.05) is 24.5 Å². The van der Waals surface area contributed by atoms with E-state index in [4.69, 9.17) is 9.47 Å². The molecule has 1 aliphatic heterocycles. The van der Waals surface area contributed by atoms with Gasteiger partial charge < -0.3 is 20.1 Å². The van der Waals surface area contributed by atoms with Crippen molar-refractivity contribution < 1.29 is 19.1 Å². The van der Waals surface area contributed by atoms with Crippen molar-refractivity contribution in [3.8, 4) is 11.5 Å². The van der Waals surface area contributed by atoms with Gasteiger partial charge in [0.2, 0.25) is 12.6 Å². The molecule has 0 spiro atoms. The van der Waals surface area contributed by atoms with Crippen LogP contribution in [0.1, 0.15) is 41.4 Å². The largest absolute Gasteiger partial charge is 0.454 e. The summed E-state index contributed by atoms with van der Waals surface area (Å²) >= 11 is 0. The predicted octanol–water partition coefficient (Wildman–Crippen LogP) is 3.09. The number of ether oxygens (including phenoxy) is 2. The number of hydrogen-bond donors (Lipinski definition) is 2. The van der Waals surface area contributed by atoms with Crippen molar-refractivity contribution >= 4 is 23.0 Å². The van der Waals surface area contributed by atoms with Gasteiger partial charge in [0.05, 0.1) is 5.52 Å². The molecular formula is C21H22N4O4. The first kappa shape index (κ1) is 18.8. The van der Waals surface area contributed by atoms with Gasteiger partial charge in [0.15, 0.2) is 17.2 Å². The summed E-state index contributed by atoms with van der Waals surface area (Å²) in [5.41, 5.74) is 1.29. The fourth-order valence-corrected chi connectivity index (χ4v) is 3.08. The number of imidazole rings is 1. The molecule has 0 saturated heterocycles. The van der Waals surface area contributed by atoms with Crippen molar-refractivity contribution in [1.29, 1.82) is 0 Å². The molecule has 0 radical (unpaired) electrons. The van der Waals surface area contributed by atoms with Crippen LogP contribution in [-0.4, -0.2) is 34.5 Å². The molecule has 3 heterocycles. The number of anilines is 1. The molecule has 0 bridgehead atoms. The number of amides is 2. The van der Waals surface area contributed by atoms with Gasteiger partial charge in [-0.3, -0.25) is 14.0 Å². The van der Waals surface area contributed by atoms with Gasteiger partial charge in [-0.2, -0.15) is 0 Å². The summed E-state index contributed by atoms with van der Waals surface area (Å²) in [7, 11) is 0. The number of nitrogens with zero attached hydrogens (tertiary/aromatic N) is 2. The molecule has 0 fully saturated rings. The smallest absolute Gasteiger partial charge is 0.287 e. The number of hydrogen-bond acceptors (Lipinski definition) is 5. The van der Waals surface area contributed by atoms with E-state index in [2.05, 4.69) is 29.5 Å². The first-order valence-corrected chi connectivity index (χ1v) is 9.49. The first-order valence-electron chi connectivity index (χ1n) is 9.49. The molecule has 0 saturated carbocycles. The third kappa shape index (κ3) is 3.87. The molecular weight excluding hydrogens is 372 g/mol. The van der Waals surface area contributed by atoms with Crippen LogP contribution in [0.3, 0.4) is 0 Å². The molecule has 1 aliphatic rings. The summed E-state index contributed by atoms with van der Waals surface area (Å²) in [5, 5.41) is 5.68. The van der Waals surface area contributed by atoms with Gasteiger partial charge in [-0.15, -0.1) is 0 Å². The van der Waals surface area contributed by atoms with Crippen LogP contribution in [0.15, 0.2) is 42.6 Å². The number of fused-ring (bicyclic) bond motifs is 2. The quantitative estimate of drug-likeness (QED) is 0.670. The normalized spacial score (nSPS) is 12.4. The zero-order valence-corrected chi connectivity index (χ0v) is 16.3. The third-order valence-electron chi connectivity index (χ3n) is 4.60. The Morgan fingerprint density at radius 2 is 1.97 bits per heavy atom. The van der Waals surface area contributed by atoms with Crippen LogP contribution in [0.4, 0.5) is 5.69 Å². The number of benzene rings is 1. The van der Waals surface area contributed by atoms with E-state index in [9.17, 15) is 9.59 Å². The van der Waals surface area contributed by atoms with Crippen LogP contribution >= 0.6 is 0 Å². The van der Waals surface area contributed by atoms with Crippen molar-refractivity contribution in [2.75, 3.05) is 18.7 Å². The Labute approximate surface area is 167 Å². The molecule has 0 unspecified atom stereocenters. The highest BCUT2D eigenvalue weighted by molar-refractivity contribution is 6.09. The number of rotatable bonds is 6. The Kier molecular flexibility index (Phi) is 5.07. The lowest BCUT2D eigenvalue weighted by Crippen LogP contribution is -2.27. The van der Waals surface area contributed by atoms with E-state index in [1.54, 1.807) is 47.0 Å². The average molecular weight is 394 g/mol. The third-order valence-corrected chi connectivity index (χ3v) is 4.60. The molecule has 0 atom stereocenters. The molecule has 3 aromatic rings. The maximum absolute atomic E-state index is 12.9. The van der Waals surface area contributed by atoms with E-state index in [1.165, 1.54) is 0 Å². The minimum Gasteiger partial charge on any atom is -0.454 e. The lowest BCUT2D eigenvalue weighted by molar-refractivity contribution is 0.0941. The molecule has 2 amide bonds. The van der Waals surface area contributed by atoms with Gasteiger partial charge >= 0.3 is 0 Å². The van der Waals surface area contributed by atoms with Crippen molar-refractivity contribution in [1.82, 2.24) is 14.7 Å².